The van der Waals surface area contributed by atoms with Gasteiger partial charge in [0.25, 0.3) is 5.92 Å². The molecule has 0 aromatic heterocycles. The lowest BCUT2D eigenvalue weighted by Crippen LogP contribution is -2.47. The number of carbonyl (C=O) groups excluding carboxylic acids is 1. The van der Waals surface area contributed by atoms with Crippen LogP contribution in [0.1, 0.15) is 32.6 Å². The summed E-state index contributed by atoms with van der Waals surface area (Å²) in [5, 5.41) is 2.85. The number of methoxy groups -OCH3 is 1. The predicted molar refractivity (Wildman–Crippen MR) is 83.9 cm³/mol. The average Bonchev–Trinajstić information content (AvgIpc) is 2.67. The molecule has 0 aliphatic heterocycles. The van der Waals surface area contributed by atoms with Gasteiger partial charge in [0.05, 0.1) is 19.6 Å². The number of carbonyl (C=O) groups is 1. The third-order valence-corrected chi connectivity index (χ3v) is 4.13. The van der Waals surface area contributed by atoms with Gasteiger partial charge in [-0.05, 0) is 44.0 Å². The first kappa shape index (κ1) is 17.5. The summed E-state index contributed by atoms with van der Waals surface area (Å²) in [4.78, 5) is 12.1. The molecule has 1 aliphatic carbocycles. The van der Waals surface area contributed by atoms with Crippen molar-refractivity contribution in [2.45, 2.75) is 44.6 Å². The standard InChI is InChI=1S/C17H23F2NO3/c1-3-23-16(21)14-6-4-5-11-17(18,19)15(14)20-12-7-9-13(22-2)10-8-12/h7-10,14-15,20H,3-6,11H2,1-2H3/t14-,15-/m0/s1. The number of ether oxygens (including phenoxy) is 2. The molecule has 0 saturated heterocycles. The maximum absolute atomic E-state index is 14.5. The van der Waals surface area contributed by atoms with E-state index in [-0.39, 0.29) is 13.0 Å². The molecule has 0 bridgehead atoms. The molecule has 1 aromatic rings. The number of alkyl halides is 2. The number of esters is 1. The maximum Gasteiger partial charge on any atom is 0.311 e. The monoisotopic (exact) mass is 327 g/mol. The van der Waals surface area contributed by atoms with Crippen LogP contribution in [0.4, 0.5) is 14.5 Å². The Morgan fingerprint density at radius 2 is 2.00 bits per heavy atom. The van der Waals surface area contributed by atoms with Crippen molar-refractivity contribution < 1.29 is 23.0 Å². The third-order valence-electron chi connectivity index (χ3n) is 4.13. The largest absolute Gasteiger partial charge is 0.497 e. The molecule has 1 saturated carbocycles. The number of hydrogen-bond donors (Lipinski definition) is 1. The van der Waals surface area contributed by atoms with Crippen molar-refractivity contribution in [2.24, 2.45) is 5.92 Å². The number of rotatable bonds is 5. The van der Waals surface area contributed by atoms with Gasteiger partial charge in [0, 0.05) is 12.1 Å². The van der Waals surface area contributed by atoms with Gasteiger partial charge >= 0.3 is 5.97 Å². The van der Waals surface area contributed by atoms with Crippen LogP contribution in [0, 0.1) is 5.92 Å². The first-order valence-electron chi connectivity index (χ1n) is 7.93. The highest BCUT2D eigenvalue weighted by molar-refractivity contribution is 5.74. The molecule has 1 fully saturated rings. The Balaban J connectivity index is 2.23. The quantitative estimate of drug-likeness (QED) is 0.659. The van der Waals surface area contributed by atoms with E-state index in [2.05, 4.69) is 5.32 Å². The molecule has 4 nitrogen and oxygen atoms in total. The fourth-order valence-corrected chi connectivity index (χ4v) is 2.92. The van der Waals surface area contributed by atoms with Crippen molar-refractivity contribution in [3.05, 3.63) is 24.3 Å². The molecule has 6 heteroatoms. The maximum atomic E-state index is 14.5. The predicted octanol–water partition coefficient (Wildman–Crippen LogP) is 3.86. The molecule has 0 spiro atoms. The third kappa shape index (κ3) is 4.33. The summed E-state index contributed by atoms with van der Waals surface area (Å²) in [5.41, 5.74) is 0.534. The summed E-state index contributed by atoms with van der Waals surface area (Å²) < 4.78 is 39.1. The summed E-state index contributed by atoms with van der Waals surface area (Å²) in [7, 11) is 1.54. The van der Waals surface area contributed by atoms with Crippen molar-refractivity contribution in [3.63, 3.8) is 0 Å². The highest BCUT2D eigenvalue weighted by Gasteiger charge is 2.48. The average molecular weight is 327 g/mol. The number of hydrogen-bond acceptors (Lipinski definition) is 4. The van der Waals surface area contributed by atoms with Crippen LogP contribution in [-0.2, 0) is 9.53 Å². The lowest BCUT2D eigenvalue weighted by Gasteiger charge is -2.31. The van der Waals surface area contributed by atoms with Crippen LogP contribution in [0.3, 0.4) is 0 Å². The van der Waals surface area contributed by atoms with Gasteiger partial charge in [0.2, 0.25) is 0 Å². The summed E-state index contributed by atoms with van der Waals surface area (Å²) in [6.07, 6.45) is 1.18. The lowest BCUT2D eigenvalue weighted by molar-refractivity contribution is -0.152. The Morgan fingerprint density at radius 3 is 2.61 bits per heavy atom. The molecule has 1 aromatic carbocycles. The van der Waals surface area contributed by atoms with Crippen LogP contribution in [-0.4, -0.2) is 31.7 Å². The van der Waals surface area contributed by atoms with Crippen LogP contribution < -0.4 is 10.1 Å². The molecule has 0 heterocycles. The molecule has 1 aliphatic rings. The highest BCUT2D eigenvalue weighted by Crippen LogP contribution is 2.38. The fourth-order valence-electron chi connectivity index (χ4n) is 2.92. The Bertz CT molecular complexity index is 519. The van der Waals surface area contributed by atoms with Gasteiger partial charge in [-0.25, -0.2) is 8.78 Å². The van der Waals surface area contributed by atoms with E-state index in [1.807, 2.05) is 0 Å². The second kappa shape index (κ2) is 7.62. The first-order valence-corrected chi connectivity index (χ1v) is 7.93. The van der Waals surface area contributed by atoms with Gasteiger partial charge in [-0.1, -0.05) is 6.42 Å². The number of benzene rings is 1. The molecule has 0 unspecified atom stereocenters. The molecule has 2 atom stereocenters. The Labute approximate surface area is 135 Å². The number of halogens is 2. The molecular weight excluding hydrogens is 304 g/mol. The topological polar surface area (TPSA) is 47.6 Å². The van der Waals surface area contributed by atoms with Crippen molar-refractivity contribution >= 4 is 11.7 Å². The zero-order valence-corrected chi connectivity index (χ0v) is 13.5. The summed E-state index contributed by atoms with van der Waals surface area (Å²) in [5.74, 6) is -3.73. The summed E-state index contributed by atoms with van der Waals surface area (Å²) >= 11 is 0. The smallest absolute Gasteiger partial charge is 0.311 e. The summed E-state index contributed by atoms with van der Waals surface area (Å²) in [6, 6.07) is 5.45. The zero-order valence-electron chi connectivity index (χ0n) is 13.5. The molecular formula is C17H23F2NO3. The van der Waals surface area contributed by atoms with Gasteiger partial charge in [-0.15, -0.1) is 0 Å². The normalized spacial score (nSPS) is 23.7. The Morgan fingerprint density at radius 1 is 1.30 bits per heavy atom. The zero-order chi connectivity index (χ0) is 16.9. The van der Waals surface area contributed by atoms with Gasteiger partial charge in [-0.3, -0.25) is 4.79 Å². The fraction of sp³-hybridized carbons (Fsp3) is 0.588. The molecule has 1 N–H and O–H groups in total. The minimum Gasteiger partial charge on any atom is -0.497 e. The van der Waals surface area contributed by atoms with E-state index in [1.165, 1.54) is 0 Å². The van der Waals surface area contributed by atoms with Crippen LogP contribution in [0.25, 0.3) is 0 Å². The van der Waals surface area contributed by atoms with Crippen LogP contribution in [0.2, 0.25) is 0 Å². The molecule has 2 rings (SSSR count). The second-order valence-corrected chi connectivity index (χ2v) is 5.72. The van der Waals surface area contributed by atoms with E-state index in [4.69, 9.17) is 9.47 Å². The van der Waals surface area contributed by atoms with E-state index < -0.39 is 23.9 Å². The van der Waals surface area contributed by atoms with Gasteiger partial charge in [0.1, 0.15) is 11.8 Å². The Kier molecular flexibility index (Phi) is 5.80. The van der Waals surface area contributed by atoms with E-state index in [9.17, 15) is 13.6 Å². The van der Waals surface area contributed by atoms with E-state index >= 15 is 0 Å². The first-order chi connectivity index (χ1) is 11.0. The molecule has 0 radical (unpaired) electrons. The van der Waals surface area contributed by atoms with Gasteiger partial charge in [0.15, 0.2) is 0 Å². The summed E-state index contributed by atoms with van der Waals surface area (Å²) in [6.45, 7) is 1.87. The van der Waals surface area contributed by atoms with E-state index in [0.29, 0.717) is 30.7 Å². The highest BCUT2D eigenvalue weighted by atomic mass is 19.3. The van der Waals surface area contributed by atoms with E-state index in [1.54, 1.807) is 38.3 Å². The van der Waals surface area contributed by atoms with Crippen molar-refractivity contribution in [2.75, 3.05) is 19.0 Å². The van der Waals surface area contributed by atoms with Crippen molar-refractivity contribution in [1.82, 2.24) is 0 Å². The second-order valence-electron chi connectivity index (χ2n) is 5.72. The van der Waals surface area contributed by atoms with Crippen molar-refractivity contribution in [3.8, 4) is 5.75 Å². The lowest BCUT2D eigenvalue weighted by atomic mass is 9.92. The SMILES string of the molecule is CCOC(=O)[C@H]1CCCCC(F)(F)[C@H]1Nc1ccc(OC)cc1. The minimum absolute atomic E-state index is 0.191. The minimum atomic E-state index is -2.96. The molecule has 128 valence electrons. The van der Waals surface area contributed by atoms with Gasteiger partial charge < -0.3 is 14.8 Å². The number of nitrogens with one attached hydrogen (secondary N) is 1. The van der Waals surface area contributed by atoms with Crippen LogP contribution in [0.5, 0.6) is 5.75 Å². The Hall–Kier alpha value is -1.85. The van der Waals surface area contributed by atoms with Gasteiger partial charge in [-0.2, -0.15) is 0 Å². The molecule has 23 heavy (non-hydrogen) atoms. The van der Waals surface area contributed by atoms with Crippen LogP contribution in [0.15, 0.2) is 24.3 Å². The molecule has 0 amide bonds. The number of anilines is 1. The van der Waals surface area contributed by atoms with E-state index in [0.717, 1.165) is 0 Å². The van der Waals surface area contributed by atoms with Crippen molar-refractivity contribution in [1.29, 1.82) is 0 Å². The van der Waals surface area contributed by atoms with Crippen LogP contribution >= 0.6 is 0 Å².